The first kappa shape index (κ1) is 18.1. The first-order valence-corrected chi connectivity index (χ1v) is 8.20. The van der Waals surface area contributed by atoms with Gasteiger partial charge in [0.25, 0.3) is 0 Å². The van der Waals surface area contributed by atoms with Gasteiger partial charge in [0.05, 0.1) is 11.6 Å². The number of hydrogen-bond donors (Lipinski definition) is 1. The van der Waals surface area contributed by atoms with Gasteiger partial charge in [0.1, 0.15) is 24.8 Å². The number of aromatic nitrogens is 1. The third-order valence-electron chi connectivity index (χ3n) is 3.62. The topological polar surface area (TPSA) is 60.5 Å². The zero-order valence-electron chi connectivity index (χ0n) is 14.1. The van der Waals surface area contributed by atoms with E-state index in [1.54, 1.807) is 0 Å². The van der Waals surface area contributed by atoms with E-state index in [2.05, 4.69) is 10.3 Å². The summed E-state index contributed by atoms with van der Waals surface area (Å²) >= 11 is 5.50. The molecule has 24 heavy (non-hydrogen) atoms. The molecule has 1 heterocycles. The summed E-state index contributed by atoms with van der Waals surface area (Å²) in [6.45, 7) is 6.30. The van der Waals surface area contributed by atoms with Gasteiger partial charge in [0.2, 0.25) is 0 Å². The molecule has 0 spiro atoms. The Balaban J connectivity index is 2.14. The summed E-state index contributed by atoms with van der Waals surface area (Å²) in [6, 6.07) is 9.93. The first-order chi connectivity index (χ1) is 11.5. The molecule has 1 aromatic heterocycles. The maximum atomic E-state index is 11.7. The van der Waals surface area contributed by atoms with E-state index in [0.29, 0.717) is 18.1 Å². The van der Waals surface area contributed by atoms with Gasteiger partial charge < -0.3 is 9.47 Å². The van der Waals surface area contributed by atoms with Crippen LogP contribution in [-0.2, 0) is 11.3 Å². The largest absolute Gasteiger partial charge is 0.487 e. The minimum absolute atomic E-state index is 0.155. The Morgan fingerprint density at radius 1 is 1.17 bits per heavy atom. The number of nitrogens with one attached hydrogen (secondary N) is 1. The number of aryl methyl sites for hydroxylation is 1. The van der Waals surface area contributed by atoms with Gasteiger partial charge >= 0.3 is 6.09 Å². The monoisotopic (exact) mass is 348 g/mol. The third-order valence-corrected chi connectivity index (χ3v) is 3.78. The summed E-state index contributed by atoms with van der Waals surface area (Å²) in [5.74, 6) is 1.46. The van der Waals surface area contributed by atoms with Crippen molar-refractivity contribution >= 4 is 23.5 Å². The molecule has 0 atom stereocenters. The molecule has 1 N–H and O–H groups in total. The van der Waals surface area contributed by atoms with Crippen LogP contribution in [0.4, 0.5) is 10.6 Å². The van der Waals surface area contributed by atoms with Crippen LogP contribution in [0.15, 0.2) is 30.3 Å². The Morgan fingerprint density at radius 2 is 1.88 bits per heavy atom. The lowest BCUT2D eigenvalue weighted by molar-refractivity contribution is 0.168. The summed E-state index contributed by atoms with van der Waals surface area (Å²) in [4.78, 5) is 16.1. The molecule has 0 aliphatic heterocycles. The highest BCUT2D eigenvalue weighted by Crippen LogP contribution is 2.29. The van der Waals surface area contributed by atoms with E-state index >= 15 is 0 Å². The lowest BCUT2D eigenvalue weighted by Gasteiger charge is -2.17. The summed E-state index contributed by atoms with van der Waals surface area (Å²) in [7, 11) is 0. The normalized spacial score (nSPS) is 10.3. The standard InChI is InChI=1S/C18H21ClN2O3/c1-12-13(2)17(21-18(22)23-10-9-19)20-14(3)16(12)24-11-15-7-5-4-6-8-15/h4-8H,9-11H2,1-3H3,(H,20,21,22). The summed E-state index contributed by atoms with van der Waals surface area (Å²) in [5, 5.41) is 2.64. The number of carbonyl (C=O) groups is 1. The fourth-order valence-corrected chi connectivity index (χ4v) is 2.33. The number of anilines is 1. The molecule has 0 bridgehead atoms. The molecule has 0 aliphatic rings. The fourth-order valence-electron chi connectivity index (χ4n) is 2.25. The average molecular weight is 349 g/mol. The lowest BCUT2D eigenvalue weighted by Crippen LogP contribution is -2.17. The second-order valence-electron chi connectivity index (χ2n) is 5.35. The lowest BCUT2D eigenvalue weighted by atomic mass is 10.1. The summed E-state index contributed by atoms with van der Waals surface area (Å²) < 4.78 is 10.8. The molecule has 6 heteroatoms. The van der Waals surface area contributed by atoms with Crippen LogP contribution in [0.2, 0.25) is 0 Å². The number of alkyl halides is 1. The van der Waals surface area contributed by atoms with Crippen LogP contribution in [-0.4, -0.2) is 23.6 Å². The minimum Gasteiger partial charge on any atom is -0.487 e. The zero-order valence-corrected chi connectivity index (χ0v) is 14.8. The highest BCUT2D eigenvalue weighted by Gasteiger charge is 2.15. The molecule has 1 aromatic carbocycles. The predicted molar refractivity (Wildman–Crippen MR) is 94.9 cm³/mol. The molecule has 0 saturated heterocycles. The number of hydrogen-bond acceptors (Lipinski definition) is 4. The quantitative estimate of drug-likeness (QED) is 0.787. The van der Waals surface area contributed by atoms with Gasteiger partial charge in [0, 0.05) is 0 Å². The van der Waals surface area contributed by atoms with E-state index < -0.39 is 6.09 Å². The van der Waals surface area contributed by atoms with Crippen molar-refractivity contribution in [2.24, 2.45) is 0 Å². The number of amides is 1. The number of halogens is 1. The van der Waals surface area contributed by atoms with E-state index in [9.17, 15) is 4.79 Å². The van der Waals surface area contributed by atoms with Gasteiger partial charge in [-0.05, 0) is 37.5 Å². The number of rotatable bonds is 6. The molecular weight excluding hydrogens is 328 g/mol. The molecule has 0 aliphatic carbocycles. The average Bonchev–Trinajstić information content (AvgIpc) is 2.58. The zero-order chi connectivity index (χ0) is 17.5. The van der Waals surface area contributed by atoms with Gasteiger partial charge in [-0.1, -0.05) is 30.3 Å². The fraction of sp³-hybridized carbons (Fsp3) is 0.333. The molecule has 5 nitrogen and oxygen atoms in total. The molecule has 2 aromatic rings. The third kappa shape index (κ3) is 4.61. The van der Waals surface area contributed by atoms with Crippen LogP contribution in [0, 0.1) is 20.8 Å². The molecule has 0 radical (unpaired) electrons. The van der Waals surface area contributed by atoms with Gasteiger partial charge in [-0.25, -0.2) is 9.78 Å². The Bertz CT molecular complexity index is 705. The molecule has 0 unspecified atom stereocenters. The van der Waals surface area contributed by atoms with Crippen molar-refractivity contribution in [3.05, 3.63) is 52.7 Å². The van der Waals surface area contributed by atoms with Crippen LogP contribution in [0.1, 0.15) is 22.4 Å². The van der Waals surface area contributed by atoms with Crippen molar-refractivity contribution in [2.75, 3.05) is 17.8 Å². The Hall–Kier alpha value is -2.27. The second-order valence-corrected chi connectivity index (χ2v) is 5.73. The number of nitrogens with zero attached hydrogens (tertiary/aromatic N) is 1. The van der Waals surface area contributed by atoms with Gasteiger partial charge in [-0.2, -0.15) is 0 Å². The van der Waals surface area contributed by atoms with E-state index in [4.69, 9.17) is 21.1 Å². The molecule has 0 fully saturated rings. The van der Waals surface area contributed by atoms with Crippen molar-refractivity contribution in [3.63, 3.8) is 0 Å². The highest BCUT2D eigenvalue weighted by molar-refractivity contribution is 6.18. The Labute approximate surface area is 147 Å². The van der Waals surface area contributed by atoms with Crippen LogP contribution in [0.5, 0.6) is 5.75 Å². The van der Waals surface area contributed by atoms with Crippen molar-refractivity contribution in [1.29, 1.82) is 0 Å². The van der Waals surface area contributed by atoms with Crippen molar-refractivity contribution < 1.29 is 14.3 Å². The van der Waals surface area contributed by atoms with Crippen molar-refractivity contribution in [1.82, 2.24) is 4.98 Å². The van der Waals surface area contributed by atoms with Crippen molar-refractivity contribution in [3.8, 4) is 5.75 Å². The van der Waals surface area contributed by atoms with E-state index in [1.165, 1.54) is 0 Å². The predicted octanol–water partition coefficient (Wildman–Crippen LogP) is 4.37. The first-order valence-electron chi connectivity index (χ1n) is 7.67. The maximum absolute atomic E-state index is 11.7. The van der Waals surface area contributed by atoms with E-state index in [1.807, 2.05) is 51.1 Å². The van der Waals surface area contributed by atoms with Gasteiger partial charge in [-0.15, -0.1) is 11.6 Å². The van der Waals surface area contributed by atoms with Gasteiger partial charge in [-0.3, -0.25) is 5.32 Å². The molecule has 128 valence electrons. The highest BCUT2D eigenvalue weighted by atomic mass is 35.5. The van der Waals surface area contributed by atoms with Crippen LogP contribution in [0.25, 0.3) is 0 Å². The summed E-state index contributed by atoms with van der Waals surface area (Å²) in [6.07, 6.45) is -0.567. The number of carbonyl (C=O) groups excluding carboxylic acids is 1. The Morgan fingerprint density at radius 3 is 2.54 bits per heavy atom. The SMILES string of the molecule is Cc1nc(NC(=O)OCCCl)c(C)c(C)c1OCc1ccccc1. The van der Waals surface area contributed by atoms with Gasteiger partial charge in [0.15, 0.2) is 0 Å². The smallest absolute Gasteiger partial charge is 0.412 e. The van der Waals surface area contributed by atoms with Crippen LogP contribution in [0.3, 0.4) is 0 Å². The van der Waals surface area contributed by atoms with E-state index in [-0.39, 0.29) is 12.5 Å². The van der Waals surface area contributed by atoms with E-state index in [0.717, 1.165) is 22.4 Å². The second kappa shape index (κ2) is 8.55. The number of pyridine rings is 1. The maximum Gasteiger partial charge on any atom is 0.412 e. The molecule has 1 amide bonds. The molecular formula is C18H21ClN2O3. The Kier molecular flexibility index (Phi) is 6.44. The minimum atomic E-state index is -0.567. The van der Waals surface area contributed by atoms with Crippen LogP contribution >= 0.6 is 11.6 Å². The number of benzene rings is 1. The van der Waals surface area contributed by atoms with Crippen LogP contribution < -0.4 is 10.1 Å². The number of ether oxygens (including phenoxy) is 2. The summed E-state index contributed by atoms with van der Waals surface area (Å²) in [5.41, 5.74) is 3.57. The molecule has 0 saturated carbocycles. The molecule has 2 rings (SSSR count). The van der Waals surface area contributed by atoms with Crippen molar-refractivity contribution in [2.45, 2.75) is 27.4 Å².